The Kier molecular flexibility index (Phi) is 6.47. The van der Waals surface area contributed by atoms with Gasteiger partial charge in [0.25, 0.3) is 10.2 Å². The van der Waals surface area contributed by atoms with Crippen molar-refractivity contribution in [1.29, 1.82) is 0 Å². The quantitative estimate of drug-likeness (QED) is 0.816. The van der Waals surface area contributed by atoms with E-state index in [4.69, 9.17) is 0 Å². The summed E-state index contributed by atoms with van der Waals surface area (Å²) in [5.41, 5.74) is 0. The Bertz CT molecular complexity index is 401. The molecule has 0 amide bonds. The Labute approximate surface area is 129 Å². The van der Waals surface area contributed by atoms with Crippen molar-refractivity contribution in [3.63, 3.8) is 0 Å². The minimum absolute atomic E-state index is 0.0712. The average molecular weight is 318 g/mol. The predicted molar refractivity (Wildman–Crippen MR) is 84.2 cm³/mol. The van der Waals surface area contributed by atoms with Crippen LogP contribution in [0.4, 0.5) is 0 Å². The third-order valence-corrected chi connectivity index (χ3v) is 7.15. The van der Waals surface area contributed by atoms with Crippen LogP contribution >= 0.6 is 0 Å². The van der Waals surface area contributed by atoms with E-state index in [1.54, 1.807) is 15.7 Å². The number of hydrogen-bond donors (Lipinski definition) is 1. The van der Waals surface area contributed by atoms with Crippen molar-refractivity contribution in [2.45, 2.75) is 76.3 Å². The molecular formula is C15H30N2O3S. The molecule has 124 valence electrons. The third-order valence-electron chi connectivity index (χ3n) is 5.05. The van der Waals surface area contributed by atoms with Crippen LogP contribution in [0.15, 0.2) is 0 Å². The zero-order valence-electron chi connectivity index (χ0n) is 13.2. The molecule has 0 unspecified atom stereocenters. The van der Waals surface area contributed by atoms with Crippen LogP contribution in [0.1, 0.15) is 64.2 Å². The second-order valence-electron chi connectivity index (χ2n) is 6.44. The van der Waals surface area contributed by atoms with E-state index in [0.29, 0.717) is 0 Å². The van der Waals surface area contributed by atoms with E-state index in [0.717, 1.165) is 51.4 Å². The molecule has 0 aliphatic heterocycles. The lowest BCUT2D eigenvalue weighted by Crippen LogP contribution is -2.52. The molecule has 0 saturated heterocycles. The largest absolute Gasteiger partial charge is 0.395 e. The van der Waals surface area contributed by atoms with E-state index >= 15 is 0 Å². The van der Waals surface area contributed by atoms with Crippen molar-refractivity contribution in [2.75, 3.05) is 20.2 Å². The molecule has 6 heteroatoms. The van der Waals surface area contributed by atoms with E-state index in [2.05, 4.69) is 0 Å². The van der Waals surface area contributed by atoms with Crippen LogP contribution in [-0.4, -0.2) is 54.4 Å². The molecule has 2 fully saturated rings. The molecular weight excluding hydrogens is 288 g/mol. The van der Waals surface area contributed by atoms with Crippen LogP contribution in [-0.2, 0) is 10.2 Å². The van der Waals surface area contributed by atoms with Crippen LogP contribution in [0.5, 0.6) is 0 Å². The summed E-state index contributed by atoms with van der Waals surface area (Å²) in [6.45, 7) is 0.123. The van der Waals surface area contributed by atoms with E-state index in [9.17, 15) is 13.5 Å². The molecule has 2 rings (SSSR count). The molecule has 0 aromatic heterocycles. The van der Waals surface area contributed by atoms with E-state index in [-0.39, 0.29) is 25.2 Å². The van der Waals surface area contributed by atoms with Crippen molar-refractivity contribution < 1.29 is 13.5 Å². The molecule has 2 saturated carbocycles. The first-order valence-corrected chi connectivity index (χ1v) is 9.82. The summed E-state index contributed by atoms with van der Waals surface area (Å²) in [4.78, 5) is 0. The van der Waals surface area contributed by atoms with Gasteiger partial charge in [0.2, 0.25) is 0 Å². The first kappa shape index (κ1) is 17.2. The molecule has 2 aliphatic rings. The van der Waals surface area contributed by atoms with Gasteiger partial charge < -0.3 is 5.11 Å². The van der Waals surface area contributed by atoms with Crippen LogP contribution in [0.2, 0.25) is 0 Å². The Balaban J connectivity index is 2.11. The van der Waals surface area contributed by atoms with Gasteiger partial charge in [0, 0.05) is 25.7 Å². The molecule has 1 N–H and O–H groups in total. The van der Waals surface area contributed by atoms with Crippen LogP contribution in [0, 0.1) is 0 Å². The van der Waals surface area contributed by atoms with Gasteiger partial charge in [-0.15, -0.1) is 0 Å². The van der Waals surface area contributed by atoms with Gasteiger partial charge in [-0.05, 0) is 25.7 Å². The second-order valence-corrected chi connectivity index (χ2v) is 8.38. The molecule has 0 heterocycles. The van der Waals surface area contributed by atoms with Gasteiger partial charge in [-0.1, -0.05) is 38.5 Å². The molecule has 0 aromatic carbocycles. The minimum atomic E-state index is -3.46. The lowest BCUT2D eigenvalue weighted by Gasteiger charge is -2.38. The number of aliphatic hydroxyl groups excluding tert-OH is 1. The summed E-state index contributed by atoms with van der Waals surface area (Å²) in [5.74, 6) is 0. The second kappa shape index (κ2) is 7.90. The van der Waals surface area contributed by atoms with Gasteiger partial charge in [-0.3, -0.25) is 0 Å². The highest BCUT2D eigenvalue weighted by Gasteiger charge is 2.36. The third kappa shape index (κ3) is 4.18. The molecule has 0 bridgehead atoms. The molecule has 5 nitrogen and oxygen atoms in total. The Morgan fingerprint density at radius 3 is 1.86 bits per heavy atom. The highest BCUT2D eigenvalue weighted by atomic mass is 32.2. The van der Waals surface area contributed by atoms with Gasteiger partial charge in [0.05, 0.1) is 6.61 Å². The van der Waals surface area contributed by atoms with Crippen LogP contribution in [0.25, 0.3) is 0 Å². The lowest BCUT2D eigenvalue weighted by molar-refractivity contribution is 0.181. The lowest BCUT2D eigenvalue weighted by atomic mass is 9.95. The molecule has 2 aliphatic carbocycles. The zero-order chi connectivity index (χ0) is 15.3. The van der Waals surface area contributed by atoms with Crippen molar-refractivity contribution in [3.05, 3.63) is 0 Å². The summed E-state index contributed by atoms with van der Waals surface area (Å²) >= 11 is 0. The fourth-order valence-electron chi connectivity index (χ4n) is 3.75. The number of rotatable bonds is 6. The first-order chi connectivity index (χ1) is 10.1. The molecule has 21 heavy (non-hydrogen) atoms. The maximum Gasteiger partial charge on any atom is 0.282 e. The fourth-order valence-corrected chi connectivity index (χ4v) is 5.57. The van der Waals surface area contributed by atoms with Crippen molar-refractivity contribution >= 4 is 10.2 Å². The van der Waals surface area contributed by atoms with Gasteiger partial charge in [-0.2, -0.15) is 17.0 Å². The van der Waals surface area contributed by atoms with E-state index in [1.165, 1.54) is 12.8 Å². The van der Waals surface area contributed by atoms with Gasteiger partial charge in [-0.25, -0.2) is 0 Å². The zero-order valence-corrected chi connectivity index (χ0v) is 14.0. The molecule has 0 radical (unpaired) electrons. The van der Waals surface area contributed by atoms with Crippen molar-refractivity contribution in [1.82, 2.24) is 8.61 Å². The summed E-state index contributed by atoms with van der Waals surface area (Å²) in [6, 6.07) is 0.204. The Morgan fingerprint density at radius 2 is 1.38 bits per heavy atom. The van der Waals surface area contributed by atoms with Gasteiger partial charge >= 0.3 is 0 Å². The van der Waals surface area contributed by atoms with Gasteiger partial charge in [0.1, 0.15) is 0 Å². The first-order valence-electron chi connectivity index (χ1n) is 8.43. The van der Waals surface area contributed by atoms with Gasteiger partial charge in [0.15, 0.2) is 0 Å². The summed E-state index contributed by atoms with van der Waals surface area (Å²) in [5, 5.41) is 9.30. The maximum atomic E-state index is 13.0. The molecule has 0 aromatic rings. The van der Waals surface area contributed by atoms with E-state index in [1.807, 2.05) is 0 Å². The van der Waals surface area contributed by atoms with E-state index < -0.39 is 10.2 Å². The number of aliphatic hydroxyl groups is 1. The summed E-state index contributed by atoms with van der Waals surface area (Å²) in [7, 11) is -1.74. The maximum absolute atomic E-state index is 13.0. The molecule has 0 spiro atoms. The van der Waals surface area contributed by atoms with Crippen molar-refractivity contribution in [3.8, 4) is 0 Å². The standard InChI is InChI=1S/C15H30N2O3S/c1-16(14-8-4-2-5-9-14)21(19,20)17(12-13-18)15-10-6-3-7-11-15/h14-15,18H,2-13H2,1H3. The predicted octanol–water partition coefficient (Wildman–Crippen LogP) is 2.12. The smallest absolute Gasteiger partial charge is 0.282 e. The highest BCUT2D eigenvalue weighted by molar-refractivity contribution is 7.86. The molecule has 0 atom stereocenters. The highest BCUT2D eigenvalue weighted by Crippen LogP contribution is 2.29. The van der Waals surface area contributed by atoms with Crippen molar-refractivity contribution in [2.24, 2.45) is 0 Å². The number of nitrogens with zero attached hydrogens (tertiary/aromatic N) is 2. The van der Waals surface area contributed by atoms with Crippen LogP contribution < -0.4 is 0 Å². The Hall–Kier alpha value is -0.170. The topological polar surface area (TPSA) is 60.9 Å². The number of hydrogen-bond acceptors (Lipinski definition) is 3. The summed E-state index contributed by atoms with van der Waals surface area (Å²) in [6.07, 6.45) is 10.6. The normalized spacial score (nSPS) is 23.0. The average Bonchev–Trinajstić information content (AvgIpc) is 2.53. The monoisotopic (exact) mass is 318 g/mol. The van der Waals surface area contributed by atoms with Crippen LogP contribution in [0.3, 0.4) is 0 Å². The Morgan fingerprint density at radius 1 is 0.905 bits per heavy atom. The fraction of sp³-hybridized carbons (Fsp3) is 1.00. The summed E-state index contributed by atoms with van der Waals surface area (Å²) < 4.78 is 29.1. The minimum Gasteiger partial charge on any atom is -0.395 e. The SMILES string of the molecule is CN(C1CCCCC1)S(=O)(=O)N(CCO)C1CCCCC1.